The summed E-state index contributed by atoms with van der Waals surface area (Å²) in [5.41, 5.74) is 6.30. The average Bonchev–Trinajstić information content (AvgIpc) is 2.65. The van der Waals surface area contributed by atoms with Crippen LogP contribution in [0.15, 0.2) is 16.7 Å². The first-order chi connectivity index (χ1) is 7.20. The minimum absolute atomic E-state index is 0.423. The second-order valence-corrected chi connectivity index (χ2v) is 4.58. The zero-order valence-electron chi connectivity index (χ0n) is 7.77. The van der Waals surface area contributed by atoms with Gasteiger partial charge in [0.25, 0.3) is 0 Å². The zero-order chi connectivity index (χ0) is 10.8. The second-order valence-electron chi connectivity index (χ2n) is 2.66. The fourth-order valence-corrected chi connectivity index (χ4v) is 2.03. The van der Waals surface area contributed by atoms with Crippen molar-refractivity contribution in [3.63, 3.8) is 0 Å². The van der Waals surface area contributed by atoms with Crippen molar-refractivity contribution in [2.24, 2.45) is 0 Å². The minimum atomic E-state index is 0.423. The van der Waals surface area contributed by atoms with Crippen LogP contribution in [0, 0.1) is 0 Å². The maximum atomic E-state index is 5.52. The van der Waals surface area contributed by atoms with Crippen molar-refractivity contribution in [3.8, 4) is 16.5 Å². The highest BCUT2D eigenvalue weighted by molar-refractivity contribution is 9.10. The summed E-state index contributed by atoms with van der Waals surface area (Å²) >= 11 is 4.63. The number of halogens is 1. The Morgan fingerprint density at radius 2 is 2.27 bits per heavy atom. The molecule has 0 aliphatic carbocycles. The Balaban J connectivity index is 2.55. The molecule has 0 atom stereocenters. The number of aromatic nitrogens is 3. The largest absolute Gasteiger partial charge is 0.480 e. The second kappa shape index (κ2) is 4.11. The van der Waals surface area contributed by atoms with Gasteiger partial charge in [-0.1, -0.05) is 11.3 Å². The first-order valence-electron chi connectivity index (χ1n) is 3.99. The number of anilines is 1. The Labute approximate surface area is 98.4 Å². The number of nitrogen functional groups attached to an aromatic ring is 1. The fraction of sp³-hybridized carbons (Fsp3) is 0.125. The standard InChI is InChI=1S/C8H7BrN4OS/c1-14-6-5(2-4(9)3-11-6)7-12-13-8(10)15-7/h2-3H,1H3,(H2,10,13). The third-order valence-electron chi connectivity index (χ3n) is 1.68. The average molecular weight is 287 g/mol. The van der Waals surface area contributed by atoms with Gasteiger partial charge >= 0.3 is 0 Å². The van der Waals surface area contributed by atoms with E-state index in [-0.39, 0.29) is 0 Å². The minimum Gasteiger partial charge on any atom is -0.480 e. The molecule has 2 N–H and O–H groups in total. The van der Waals surface area contributed by atoms with Crippen molar-refractivity contribution >= 4 is 32.4 Å². The van der Waals surface area contributed by atoms with Gasteiger partial charge in [0.15, 0.2) is 5.01 Å². The van der Waals surface area contributed by atoms with Crippen LogP contribution in [0.2, 0.25) is 0 Å². The van der Waals surface area contributed by atoms with Crippen LogP contribution in [0.25, 0.3) is 10.6 Å². The molecule has 5 nitrogen and oxygen atoms in total. The third-order valence-corrected chi connectivity index (χ3v) is 2.90. The molecule has 0 saturated heterocycles. The van der Waals surface area contributed by atoms with Crippen molar-refractivity contribution < 1.29 is 4.74 Å². The Morgan fingerprint density at radius 1 is 1.47 bits per heavy atom. The van der Waals surface area contributed by atoms with Gasteiger partial charge < -0.3 is 10.5 Å². The van der Waals surface area contributed by atoms with E-state index >= 15 is 0 Å². The number of ether oxygens (including phenoxy) is 1. The quantitative estimate of drug-likeness (QED) is 0.913. The molecule has 2 heterocycles. The van der Waals surface area contributed by atoms with E-state index in [2.05, 4.69) is 31.1 Å². The molecule has 0 fully saturated rings. The fourth-order valence-electron chi connectivity index (χ4n) is 1.09. The van der Waals surface area contributed by atoms with Crippen LogP contribution in [0.1, 0.15) is 0 Å². The molecule has 0 bridgehead atoms. The van der Waals surface area contributed by atoms with Gasteiger partial charge in [-0.05, 0) is 22.0 Å². The molecule has 2 rings (SSSR count). The first kappa shape index (κ1) is 10.3. The van der Waals surface area contributed by atoms with Gasteiger partial charge in [0, 0.05) is 10.7 Å². The Bertz CT molecular complexity index is 487. The molecule has 78 valence electrons. The molecular formula is C8H7BrN4OS. The number of nitrogens with two attached hydrogens (primary N) is 1. The number of rotatable bonds is 2. The van der Waals surface area contributed by atoms with E-state index in [0.29, 0.717) is 16.0 Å². The highest BCUT2D eigenvalue weighted by Gasteiger charge is 2.12. The summed E-state index contributed by atoms with van der Waals surface area (Å²) < 4.78 is 5.98. The molecule has 0 aliphatic rings. The van der Waals surface area contributed by atoms with Gasteiger partial charge in [-0.15, -0.1) is 10.2 Å². The van der Waals surface area contributed by atoms with E-state index in [1.165, 1.54) is 11.3 Å². The number of hydrogen-bond donors (Lipinski definition) is 1. The van der Waals surface area contributed by atoms with Gasteiger partial charge in [-0.3, -0.25) is 0 Å². The summed E-state index contributed by atoms with van der Waals surface area (Å²) in [6.45, 7) is 0. The number of nitrogens with zero attached hydrogens (tertiary/aromatic N) is 3. The molecule has 0 unspecified atom stereocenters. The molecule has 15 heavy (non-hydrogen) atoms. The van der Waals surface area contributed by atoms with E-state index in [1.807, 2.05) is 6.07 Å². The summed E-state index contributed by atoms with van der Waals surface area (Å²) in [6.07, 6.45) is 1.66. The van der Waals surface area contributed by atoms with Crippen molar-refractivity contribution in [1.29, 1.82) is 0 Å². The maximum absolute atomic E-state index is 5.52. The lowest BCUT2D eigenvalue weighted by atomic mass is 10.3. The first-order valence-corrected chi connectivity index (χ1v) is 5.60. The Morgan fingerprint density at radius 3 is 2.87 bits per heavy atom. The lowest BCUT2D eigenvalue weighted by Gasteiger charge is -2.03. The van der Waals surface area contributed by atoms with Crippen molar-refractivity contribution in [3.05, 3.63) is 16.7 Å². The lowest BCUT2D eigenvalue weighted by molar-refractivity contribution is 0.399. The van der Waals surface area contributed by atoms with Crippen LogP contribution in [0.3, 0.4) is 0 Å². The van der Waals surface area contributed by atoms with E-state index < -0.39 is 0 Å². The summed E-state index contributed by atoms with van der Waals surface area (Å²) in [5, 5.41) is 8.80. The van der Waals surface area contributed by atoms with E-state index in [9.17, 15) is 0 Å². The Hall–Kier alpha value is -1.21. The van der Waals surface area contributed by atoms with Crippen LogP contribution < -0.4 is 10.5 Å². The molecule has 7 heteroatoms. The molecule has 0 aromatic carbocycles. The summed E-state index contributed by atoms with van der Waals surface area (Å²) in [5.74, 6) is 0.509. The van der Waals surface area contributed by atoms with Gasteiger partial charge in [0.1, 0.15) is 0 Å². The topological polar surface area (TPSA) is 73.9 Å². The Kier molecular flexibility index (Phi) is 2.83. The number of pyridine rings is 1. The summed E-state index contributed by atoms with van der Waals surface area (Å²) in [4.78, 5) is 4.11. The van der Waals surface area contributed by atoms with Crippen LogP contribution in [0.5, 0.6) is 5.88 Å². The molecule has 2 aromatic rings. The van der Waals surface area contributed by atoms with Crippen LogP contribution in [-0.2, 0) is 0 Å². The maximum Gasteiger partial charge on any atom is 0.223 e. The summed E-state index contributed by atoms with van der Waals surface area (Å²) in [6, 6.07) is 1.87. The molecule has 0 amide bonds. The van der Waals surface area contributed by atoms with Gasteiger partial charge in [-0.25, -0.2) is 4.98 Å². The van der Waals surface area contributed by atoms with Gasteiger partial charge in [-0.2, -0.15) is 0 Å². The van der Waals surface area contributed by atoms with Crippen molar-refractivity contribution in [2.75, 3.05) is 12.8 Å². The molecule has 0 saturated carbocycles. The molecule has 0 radical (unpaired) electrons. The van der Waals surface area contributed by atoms with Crippen molar-refractivity contribution in [1.82, 2.24) is 15.2 Å². The third kappa shape index (κ3) is 2.07. The predicted octanol–water partition coefficient (Wildman–Crippen LogP) is 1.95. The smallest absolute Gasteiger partial charge is 0.223 e. The zero-order valence-corrected chi connectivity index (χ0v) is 10.2. The monoisotopic (exact) mass is 286 g/mol. The highest BCUT2D eigenvalue weighted by Crippen LogP contribution is 2.32. The molecular weight excluding hydrogens is 280 g/mol. The predicted molar refractivity (Wildman–Crippen MR) is 61.8 cm³/mol. The summed E-state index contributed by atoms with van der Waals surface area (Å²) in [7, 11) is 1.56. The van der Waals surface area contributed by atoms with Crippen LogP contribution in [0.4, 0.5) is 5.13 Å². The van der Waals surface area contributed by atoms with E-state index in [1.54, 1.807) is 13.3 Å². The lowest BCUT2D eigenvalue weighted by Crippen LogP contribution is -1.91. The van der Waals surface area contributed by atoms with Gasteiger partial charge in [0.2, 0.25) is 11.0 Å². The highest BCUT2D eigenvalue weighted by atomic mass is 79.9. The number of hydrogen-bond acceptors (Lipinski definition) is 6. The number of methoxy groups -OCH3 is 1. The van der Waals surface area contributed by atoms with E-state index in [4.69, 9.17) is 10.5 Å². The van der Waals surface area contributed by atoms with Crippen LogP contribution in [-0.4, -0.2) is 22.3 Å². The van der Waals surface area contributed by atoms with Crippen molar-refractivity contribution in [2.45, 2.75) is 0 Å². The van der Waals surface area contributed by atoms with Gasteiger partial charge in [0.05, 0.1) is 12.7 Å². The van der Waals surface area contributed by atoms with E-state index in [0.717, 1.165) is 10.0 Å². The SMILES string of the molecule is COc1ncc(Br)cc1-c1nnc(N)s1. The normalized spacial score (nSPS) is 10.3. The van der Waals surface area contributed by atoms with Crippen LogP contribution >= 0.6 is 27.3 Å². The molecule has 2 aromatic heterocycles. The molecule has 0 spiro atoms. The molecule has 0 aliphatic heterocycles.